The summed E-state index contributed by atoms with van der Waals surface area (Å²) in [5.74, 6) is 0. The van der Waals surface area contributed by atoms with Crippen LogP contribution in [0.15, 0.2) is 0 Å². The van der Waals surface area contributed by atoms with Crippen molar-refractivity contribution in [3.05, 3.63) is 0 Å². The van der Waals surface area contributed by atoms with E-state index in [1.54, 1.807) is 0 Å². The van der Waals surface area contributed by atoms with Crippen molar-refractivity contribution in [2.75, 3.05) is 11.9 Å². The van der Waals surface area contributed by atoms with Crippen molar-refractivity contribution >= 4 is 45.1 Å². The van der Waals surface area contributed by atoms with E-state index in [1.807, 2.05) is 0 Å². The highest BCUT2D eigenvalue weighted by Gasteiger charge is 1.92. The average molecular weight is 312 g/mol. The molecule has 0 aromatic rings. The van der Waals surface area contributed by atoms with Gasteiger partial charge in [-0.05, 0) is 12.8 Å². The summed E-state index contributed by atoms with van der Waals surface area (Å²) in [6.07, 6.45) is 10.7. The van der Waals surface area contributed by atoms with Crippen molar-refractivity contribution in [1.82, 2.24) is 5.32 Å². The molecule has 0 spiro atoms. The summed E-state index contributed by atoms with van der Waals surface area (Å²) in [5, 5.41) is 4.21. The van der Waals surface area contributed by atoms with E-state index in [-0.39, 0.29) is 0 Å². The number of thiocarbonyl (C=S) groups is 1. The molecule has 1 nitrogen and oxygen atoms in total. The summed E-state index contributed by atoms with van der Waals surface area (Å²) < 4.78 is 0.616. The van der Waals surface area contributed by atoms with E-state index in [0.717, 1.165) is 11.9 Å². The fraction of sp³-hybridized carbons (Fsp3) is 0.909. The number of nitrogens with one attached hydrogen (secondary N) is 1. The van der Waals surface area contributed by atoms with Crippen LogP contribution < -0.4 is 5.32 Å². The summed E-state index contributed by atoms with van der Waals surface area (Å²) in [4.78, 5) is 0. The first-order chi connectivity index (χ1) is 7.27. The van der Waals surface area contributed by atoms with Crippen LogP contribution in [0.3, 0.4) is 0 Å². The molecule has 0 aliphatic rings. The highest BCUT2D eigenvalue weighted by atomic mass is 79.9. The van der Waals surface area contributed by atoms with E-state index in [4.69, 9.17) is 12.2 Å². The first-order valence-corrected chi connectivity index (χ1v) is 7.78. The second-order valence-electron chi connectivity index (χ2n) is 3.75. The van der Waals surface area contributed by atoms with Gasteiger partial charge in [-0.1, -0.05) is 66.7 Å². The SMILES string of the molecule is S=C(S)NCCCCCCCCCCBr. The third-order valence-corrected chi connectivity index (χ3v) is 3.20. The van der Waals surface area contributed by atoms with Crippen LogP contribution >= 0.6 is 40.8 Å². The predicted octanol–water partition coefficient (Wildman–Crippen LogP) is 4.31. The second-order valence-corrected chi connectivity index (χ2v) is 5.70. The molecule has 0 saturated heterocycles. The van der Waals surface area contributed by atoms with Crippen LogP contribution in [0, 0.1) is 0 Å². The molecule has 0 bridgehead atoms. The van der Waals surface area contributed by atoms with Crippen LogP contribution in [0.4, 0.5) is 0 Å². The Bertz CT molecular complexity index is 154. The molecular formula is C11H22BrNS2. The van der Waals surface area contributed by atoms with Gasteiger partial charge in [-0.2, -0.15) is 0 Å². The van der Waals surface area contributed by atoms with E-state index in [1.165, 1.54) is 51.4 Å². The minimum Gasteiger partial charge on any atom is -0.371 e. The molecule has 0 aliphatic heterocycles. The average Bonchev–Trinajstić information content (AvgIpc) is 2.20. The van der Waals surface area contributed by atoms with Gasteiger partial charge in [-0.15, -0.1) is 12.6 Å². The first-order valence-electron chi connectivity index (χ1n) is 5.80. The molecule has 0 amide bonds. The van der Waals surface area contributed by atoms with Gasteiger partial charge in [-0.25, -0.2) is 0 Å². The monoisotopic (exact) mass is 311 g/mol. The van der Waals surface area contributed by atoms with Crippen molar-refractivity contribution in [2.45, 2.75) is 51.4 Å². The molecular weight excluding hydrogens is 290 g/mol. The molecule has 0 atom stereocenters. The van der Waals surface area contributed by atoms with Gasteiger partial charge < -0.3 is 5.32 Å². The Morgan fingerprint density at radius 3 is 1.87 bits per heavy atom. The molecule has 0 heterocycles. The summed E-state index contributed by atoms with van der Waals surface area (Å²) in [6.45, 7) is 0.978. The number of rotatable bonds is 10. The molecule has 0 aliphatic carbocycles. The quantitative estimate of drug-likeness (QED) is 0.270. The maximum Gasteiger partial charge on any atom is 0.130 e. The fourth-order valence-corrected chi connectivity index (χ4v) is 2.09. The minimum absolute atomic E-state index is 0.616. The van der Waals surface area contributed by atoms with Crippen LogP contribution in [0.2, 0.25) is 0 Å². The van der Waals surface area contributed by atoms with Crippen molar-refractivity contribution in [1.29, 1.82) is 0 Å². The molecule has 90 valence electrons. The van der Waals surface area contributed by atoms with Crippen molar-refractivity contribution < 1.29 is 0 Å². The molecule has 0 radical (unpaired) electrons. The molecule has 0 aromatic heterocycles. The van der Waals surface area contributed by atoms with Crippen LogP contribution in [0.25, 0.3) is 0 Å². The fourth-order valence-electron chi connectivity index (χ4n) is 1.48. The van der Waals surface area contributed by atoms with Crippen molar-refractivity contribution in [3.8, 4) is 0 Å². The summed E-state index contributed by atoms with van der Waals surface area (Å²) in [5.41, 5.74) is 0. The van der Waals surface area contributed by atoms with Gasteiger partial charge >= 0.3 is 0 Å². The Morgan fingerprint density at radius 1 is 0.933 bits per heavy atom. The minimum atomic E-state index is 0.616. The number of halogens is 1. The summed E-state index contributed by atoms with van der Waals surface area (Å²) in [6, 6.07) is 0. The van der Waals surface area contributed by atoms with Crippen molar-refractivity contribution in [3.63, 3.8) is 0 Å². The van der Waals surface area contributed by atoms with Gasteiger partial charge in [0.15, 0.2) is 0 Å². The van der Waals surface area contributed by atoms with E-state index in [0.29, 0.717) is 4.32 Å². The first kappa shape index (κ1) is 15.7. The van der Waals surface area contributed by atoms with Gasteiger partial charge in [0.2, 0.25) is 0 Å². The van der Waals surface area contributed by atoms with Gasteiger partial charge in [0.05, 0.1) is 0 Å². The largest absolute Gasteiger partial charge is 0.371 e. The Balaban J connectivity index is 2.89. The number of hydrogen-bond donors (Lipinski definition) is 2. The van der Waals surface area contributed by atoms with Crippen LogP contribution in [-0.2, 0) is 0 Å². The Morgan fingerprint density at radius 2 is 1.40 bits per heavy atom. The zero-order valence-electron chi connectivity index (χ0n) is 9.30. The molecule has 0 unspecified atom stereocenters. The van der Waals surface area contributed by atoms with Crippen LogP contribution in [0.5, 0.6) is 0 Å². The van der Waals surface area contributed by atoms with E-state index >= 15 is 0 Å². The second kappa shape index (κ2) is 12.8. The van der Waals surface area contributed by atoms with Crippen LogP contribution in [-0.4, -0.2) is 16.2 Å². The number of alkyl halides is 1. The third-order valence-electron chi connectivity index (χ3n) is 2.34. The van der Waals surface area contributed by atoms with E-state index < -0.39 is 0 Å². The lowest BCUT2D eigenvalue weighted by Crippen LogP contribution is -2.17. The highest BCUT2D eigenvalue weighted by Crippen LogP contribution is 2.08. The zero-order chi connectivity index (χ0) is 11.4. The maximum atomic E-state index is 4.80. The number of thiol groups is 1. The molecule has 0 saturated carbocycles. The van der Waals surface area contributed by atoms with Gasteiger partial charge in [0, 0.05) is 11.9 Å². The molecule has 15 heavy (non-hydrogen) atoms. The van der Waals surface area contributed by atoms with Crippen molar-refractivity contribution in [2.24, 2.45) is 0 Å². The summed E-state index contributed by atoms with van der Waals surface area (Å²) in [7, 11) is 0. The van der Waals surface area contributed by atoms with E-state index in [2.05, 4.69) is 33.9 Å². The standard InChI is InChI=1S/C11H22BrNS2/c12-9-7-5-3-1-2-4-6-8-10-13-11(14)15/h1-10H2,(H2,13,14,15). The Hall–Kier alpha value is 0.720. The predicted molar refractivity (Wildman–Crippen MR) is 80.3 cm³/mol. The highest BCUT2D eigenvalue weighted by molar-refractivity contribution is 9.09. The molecule has 0 rings (SSSR count). The van der Waals surface area contributed by atoms with E-state index in [9.17, 15) is 0 Å². The lowest BCUT2D eigenvalue weighted by Gasteiger charge is -2.03. The Kier molecular flexibility index (Phi) is 13.4. The normalized spacial score (nSPS) is 10.3. The van der Waals surface area contributed by atoms with Gasteiger partial charge in [-0.3, -0.25) is 0 Å². The van der Waals surface area contributed by atoms with Gasteiger partial charge in [0.1, 0.15) is 4.32 Å². The number of unbranched alkanes of at least 4 members (excludes halogenated alkanes) is 7. The van der Waals surface area contributed by atoms with Gasteiger partial charge in [0.25, 0.3) is 0 Å². The Labute approximate surface area is 113 Å². The maximum absolute atomic E-state index is 4.80. The molecule has 1 N–H and O–H groups in total. The third kappa shape index (κ3) is 14.7. The summed E-state index contributed by atoms with van der Waals surface area (Å²) >= 11 is 12.3. The molecule has 0 aromatic carbocycles. The topological polar surface area (TPSA) is 12.0 Å². The molecule has 0 fully saturated rings. The van der Waals surface area contributed by atoms with Crippen LogP contribution in [0.1, 0.15) is 51.4 Å². The zero-order valence-corrected chi connectivity index (χ0v) is 12.6. The number of hydrogen-bond acceptors (Lipinski definition) is 1. The smallest absolute Gasteiger partial charge is 0.130 e. The lowest BCUT2D eigenvalue weighted by molar-refractivity contribution is 0.575. The molecule has 4 heteroatoms. The lowest BCUT2D eigenvalue weighted by atomic mass is 10.1.